The van der Waals surface area contributed by atoms with Crippen LogP contribution in [0.4, 0.5) is 0 Å². The topological polar surface area (TPSA) is 76.5 Å². The Kier molecular flexibility index (Phi) is 6.38. The van der Waals surface area contributed by atoms with Crippen LogP contribution in [0.3, 0.4) is 0 Å². The zero-order chi connectivity index (χ0) is 42.4. The Bertz CT molecular complexity index is 4140. The zero-order valence-electron chi connectivity index (χ0n) is 35.6. The summed E-state index contributed by atoms with van der Waals surface area (Å²) in [5.41, 5.74) is 20.4. The molecule has 0 saturated carbocycles. The number of fused-ring (bicyclic) bond motifs is 21. The van der Waals surface area contributed by atoms with Crippen LogP contribution in [0.1, 0.15) is 34.1 Å². The van der Waals surface area contributed by atoms with Crippen molar-refractivity contribution < 1.29 is 0 Å². The van der Waals surface area contributed by atoms with Crippen molar-refractivity contribution in [1.29, 1.82) is 0 Å². The Morgan fingerprint density at radius 3 is 1.32 bits per heavy atom. The molecule has 16 rings (SSSR count). The maximum Gasteiger partial charge on any atom is 0.254 e. The van der Waals surface area contributed by atoms with Crippen LogP contribution >= 0.6 is 0 Å². The second-order valence-corrected chi connectivity index (χ2v) is 18.4. The molecule has 0 fully saturated rings. The highest BCUT2D eigenvalue weighted by atomic mass is 15.3. The third-order valence-electron chi connectivity index (χ3n) is 15.5. The van der Waals surface area contributed by atoms with Crippen molar-refractivity contribution in [2.24, 2.45) is 0 Å². The predicted molar refractivity (Wildman–Crippen MR) is 266 cm³/mol. The normalized spacial score (nSPS) is 15.8. The SMILES string of the molecule is CNCC1c2ccccc2-c2cc3c4cccc5c6cc7c8cc9c%10cccc%11c%12cc%13c(cc%12n(c9cc8n(-c8nccnn8)c7cc6n(c3cc21)c45)c%11%10)C(CNC)c1ccccc1-%13. The minimum atomic E-state index is 0.284. The molecule has 0 saturated heterocycles. The van der Waals surface area contributed by atoms with E-state index in [1.54, 1.807) is 12.4 Å². The van der Waals surface area contributed by atoms with Gasteiger partial charge >= 0.3 is 0 Å². The molecule has 0 radical (unpaired) electrons. The minimum Gasteiger partial charge on any atom is -0.319 e. The largest absolute Gasteiger partial charge is 0.319 e. The van der Waals surface area contributed by atoms with Crippen LogP contribution in [0.2, 0.25) is 0 Å². The molecule has 0 aliphatic heterocycles. The summed E-state index contributed by atoms with van der Waals surface area (Å²) >= 11 is 0. The Labute approximate surface area is 371 Å². The number of nitrogens with zero attached hydrogens (tertiary/aromatic N) is 6. The fourth-order valence-corrected chi connectivity index (χ4v) is 13.0. The van der Waals surface area contributed by atoms with Crippen molar-refractivity contribution in [3.63, 3.8) is 0 Å². The Hall–Kier alpha value is -7.91. The number of rotatable bonds is 5. The van der Waals surface area contributed by atoms with Gasteiger partial charge in [-0.3, -0.25) is 4.57 Å². The molecule has 0 bridgehead atoms. The molecule has 2 aliphatic rings. The van der Waals surface area contributed by atoms with Gasteiger partial charge in [-0.15, -0.1) is 5.10 Å². The molecule has 2 aliphatic carbocycles. The number of para-hydroxylation sites is 2. The van der Waals surface area contributed by atoms with Gasteiger partial charge in [-0.1, -0.05) is 84.9 Å². The molecule has 8 heteroatoms. The molecule has 2 unspecified atom stereocenters. The van der Waals surface area contributed by atoms with Gasteiger partial charge in [0.2, 0.25) is 0 Å². The summed E-state index contributed by atoms with van der Waals surface area (Å²) in [6, 6.07) is 51.1. The quantitative estimate of drug-likeness (QED) is 0.181. The number of hydrogen-bond donors (Lipinski definition) is 2. The van der Waals surface area contributed by atoms with Crippen molar-refractivity contribution in [3.05, 3.63) is 168 Å². The van der Waals surface area contributed by atoms with E-state index in [-0.39, 0.29) is 11.8 Å². The summed E-state index contributed by atoms with van der Waals surface area (Å²) in [5, 5.41) is 28.6. The molecule has 65 heavy (non-hydrogen) atoms. The summed E-state index contributed by atoms with van der Waals surface area (Å²) in [4.78, 5) is 4.88. The second kappa shape index (κ2) is 12.0. The van der Waals surface area contributed by atoms with E-state index in [1.165, 1.54) is 131 Å². The lowest BCUT2D eigenvalue weighted by molar-refractivity contribution is 0.720. The summed E-state index contributed by atoms with van der Waals surface area (Å²) in [6.07, 6.45) is 3.40. The van der Waals surface area contributed by atoms with Crippen LogP contribution in [-0.4, -0.2) is 55.7 Å². The summed E-state index contributed by atoms with van der Waals surface area (Å²) in [5.74, 6) is 1.12. The highest BCUT2D eigenvalue weighted by Gasteiger charge is 2.32. The van der Waals surface area contributed by atoms with E-state index < -0.39 is 0 Å². The molecule has 8 nitrogen and oxygen atoms in total. The highest BCUT2D eigenvalue weighted by molar-refractivity contribution is 6.29. The first-order chi connectivity index (χ1) is 32.2. The van der Waals surface area contributed by atoms with Crippen LogP contribution < -0.4 is 10.6 Å². The van der Waals surface area contributed by atoms with Crippen molar-refractivity contribution in [3.8, 4) is 28.2 Å². The predicted octanol–water partition coefficient (Wildman–Crippen LogP) is 11.9. The van der Waals surface area contributed by atoms with Crippen LogP contribution in [0.15, 0.2) is 146 Å². The van der Waals surface area contributed by atoms with Gasteiger partial charge in [0.25, 0.3) is 5.95 Å². The lowest BCUT2D eigenvalue weighted by Crippen LogP contribution is -2.16. The maximum absolute atomic E-state index is 4.88. The molecule has 0 amide bonds. The van der Waals surface area contributed by atoms with Crippen LogP contribution in [-0.2, 0) is 0 Å². The molecule has 306 valence electrons. The molecule has 6 aromatic heterocycles. The number of likely N-dealkylation sites (N-methyl/N-ethyl adjacent to an activating group) is 2. The van der Waals surface area contributed by atoms with E-state index in [4.69, 9.17) is 10.1 Å². The molecule has 6 heterocycles. The smallest absolute Gasteiger partial charge is 0.254 e. The molecule has 2 N–H and O–H groups in total. The average Bonchev–Trinajstić information content (AvgIpc) is 4.21. The first-order valence-corrected chi connectivity index (χ1v) is 22.7. The van der Waals surface area contributed by atoms with Gasteiger partial charge in [0.15, 0.2) is 0 Å². The molecule has 14 aromatic rings. The third kappa shape index (κ3) is 4.10. The van der Waals surface area contributed by atoms with Gasteiger partial charge in [0.1, 0.15) is 0 Å². The highest BCUT2D eigenvalue weighted by Crippen LogP contribution is 2.52. The summed E-state index contributed by atoms with van der Waals surface area (Å²) in [7, 11) is 4.12. The number of hydrogen-bond acceptors (Lipinski definition) is 5. The lowest BCUT2D eigenvalue weighted by Gasteiger charge is -2.13. The second-order valence-electron chi connectivity index (χ2n) is 18.4. The fraction of sp³-hybridized carbons (Fsp3) is 0.105. The monoisotopic (exact) mass is 834 g/mol. The van der Waals surface area contributed by atoms with Gasteiger partial charge in [-0.25, -0.2) is 4.98 Å². The van der Waals surface area contributed by atoms with Crippen molar-refractivity contribution >= 4 is 98.0 Å². The van der Waals surface area contributed by atoms with E-state index in [0.717, 1.165) is 24.1 Å². The van der Waals surface area contributed by atoms with Crippen LogP contribution in [0, 0.1) is 0 Å². The van der Waals surface area contributed by atoms with Crippen LogP contribution in [0.25, 0.3) is 126 Å². The third-order valence-corrected chi connectivity index (χ3v) is 15.5. The standard InChI is InChI=1S/C57H38N8/c1-58-27-47-31-11-5-3-9-29(31)37-19-41-33-13-7-15-35-43-21-45-46-22-44-36-16-8-14-34-42-20-38-30-10-4-6-12-32(30)48(28-59-2)40(38)24-50(42)64(56(34)36)52(44)26-54(46)65(57-60-17-18-61-62-57)53(45)25-51(43)63(55(33)35)49(41)23-39(37)47/h3-26,47-48,58-59H,27-28H2,1-2H3. The number of benzene rings is 8. The molecule has 0 spiro atoms. The van der Waals surface area contributed by atoms with Crippen molar-refractivity contribution in [2.45, 2.75) is 11.8 Å². The molecular weight excluding hydrogens is 797 g/mol. The average molecular weight is 835 g/mol. The lowest BCUT2D eigenvalue weighted by atomic mass is 9.96. The van der Waals surface area contributed by atoms with Crippen molar-refractivity contribution in [1.82, 2.24) is 39.2 Å². The Morgan fingerprint density at radius 2 is 0.862 bits per heavy atom. The van der Waals surface area contributed by atoms with Crippen LogP contribution in [0.5, 0.6) is 0 Å². The van der Waals surface area contributed by atoms with E-state index in [0.29, 0.717) is 5.95 Å². The van der Waals surface area contributed by atoms with E-state index in [1.807, 2.05) is 0 Å². The molecule has 2 atom stereocenters. The summed E-state index contributed by atoms with van der Waals surface area (Å²) in [6.45, 7) is 1.77. The van der Waals surface area contributed by atoms with E-state index in [9.17, 15) is 0 Å². The van der Waals surface area contributed by atoms with E-state index >= 15 is 0 Å². The Balaban J connectivity index is 1.01. The summed E-state index contributed by atoms with van der Waals surface area (Å²) < 4.78 is 7.29. The van der Waals surface area contributed by atoms with Gasteiger partial charge < -0.3 is 19.4 Å². The molecular formula is C57H38N8. The van der Waals surface area contributed by atoms with Gasteiger partial charge in [-0.2, -0.15) is 5.10 Å². The first-order valence-electron chi connectivity index (χ1n) is 22.7. The Morgan fingerprint density at radius 1 is 0.415 bits per heavy atom. The maximum atomic E-state index is 4.88. The zero-order valence-corrected chi connectivity index (χ0v) is 35.6. The van der Waals surface area contributed by atoms with Gasteiger partial charge in [-0.05, 0) is 107 Å². The van der Waals surface area contributed by atoms with Gasteiger partial charge in [0.05, 0.1) is 56.5 Å². The minimum absolute atomic E-state index is 0.284. The van der Waals surface area contributed by atoms with E-state index in [2.05, 4.69) is 177 Å². The van der Waals surface area contributed by atoms with Crippen molar-refractivity contribution in [2.75, 3.05) is 27.2 Å². The van der Waals surface area contributed by atoms with Gasteiger partial charge in [0, 0.05) is 78.8 Å². The number of nitrogens with one attached hydrogen (secondary N) is 2. The number of aromatic nitrogens is 6. The fourth-order valence-electron chi connectivity index (χ4n) is 13.0. The molecule has 8 aromatic carbocycles. The first kappa shape index (κ1) is 34.6.